The molecule has 1 unspecified atom stereocenters. The lowest BCUT2D eigenvalue weighted by atomic mass is 9.83. The fraction of sp³-hybridized carbons (Fsp3) is 0.812. The number of hydrogen-bond donors (Lipinski definition) is 1. The summed E-state index contributed by atoms with van der Waals surface area (Å²) in [5.41, 5.74) is 1.74. The molecule has 1 fully saturated rings. The van der Waals surface area contributed by atoms with Crippen molar-refractivity contribution in [3.05, 3.63) is 11.6 Å². The van der Waals surface area contributed by atoms with Gasteiger partial charge in [-0.15, -0.1) is 0 Å². The summed E-state index contributed by atoms with van der Waals surface area (Å²) in [6.07, 6.45) is 7.94. The number of rotatable bonds is 1. The molecule has 0 aliphatic carbocycles. The van der Waals surface area contributed by atoms with Gasteiger partial charge < -0.3 is 10.2 Å². The van der Waals surface area contributed by atoms with Crippen molar-refractivity contribution in [3.8, 4) is 0 Å². The third-order valence-corrected chi connectivity index (χ3v) is 4.34. The van der Waals surface area contributed by atoms with Crippen LogP contribution in [0.25, 0.3) is 0 Å². The van der Waals surface area contributed by atoms with Crippen molar-refractivity contribution in [3.63, 3.8) is 0 Å². The van der Waals surface area contributed by atoms with E-state index in [0.717, 1.165) is 32.5 Å². The molecule has 2 aliphatic rings. The average molecular weight is 264 g/mol. The van der Waals surface area contributed by atoms with Gasteiger partial charge in [-0.2, -0.15) is 0 Å². The highest BCUT2D eigenvalue weighted by atomic mass is 16.2. The number of hydrogen-bond acceptors (Lipinski definition) is 2. The first-order chi connectivity index (χ1) is 8.98. The summed E-state index contributed by atoms with van der Waals surface area (Å²) in [5, 5.41) is 3.41. The van der Waals surface area contributed by atoms with Gasteiger partial charge in [-0.1, -0.05) is 45.3 Å². The Balaban J connectivity index is 1.93. The standard InChI is InChI=1S/C16H28N2O/c1-16(2,3)13-8-11-18(12-9-13)15(19)14-7-5-4-6-10-17-14/h8,14,17H,4-7,9-12H2,1-3H3. The molecule has 0 aromatic heterocycles. The molecule has 3 nitrogen and oxygen atoms in total. The van der Waals surface area contributed by atoms with Crippen molar-refractivity contribution >= 4 is 5.91 Å². The van der Waals surface area contributed by atoms with Crippen molar-refractivity contribution in [2.45, 2.75) is 58.9 Å². The van der Waals surface area contributed by atoms with E-state index in [-0.39, 0.29) is 11.5 Å². The highest BCUT2D eigenvalue weighted by Gasteiger charge is 2.28. The summed E-state index contributed by atoms with van der Waals surface area (Å²) in [4.78, 5) is 14.5. The zero-order chi connectivity index (χ0) is 13.9. The maximum absolute atomic E-state index is 12.5. The molecule has 19 heavy (non-hydrogen) atoms. The van der Waals surface area contributed by atoms with Gasteiger partial charge in [0.1, 0.15) is 0 Å². The van der Waals surface area contributed by atoms with E-state index >= 15 is 0 Å². The minimum atomic E-state index is 0.0621. The van der Waals surface area contributed by atoms with Gasteiger partial charge >= 0.3 is 0 Å². The van der Waals surface area contributed by atoms with Crippen molar-refractivity contribution in [1.29, 1.82) is 0 Å². The molecule has 2 aliphatic heterocycles. The largest absolute Gasteiger partial charge is 0.337 e. The van der Waals surface area contributed by atoms with Crippen LogP contribution in [0.1, 0.15) is 52.9 Å². The summed E-state index contributed by atoms with van der Waals surface area (Å²) in [7, 11) is 0. The molecule has 2 rings (SSSR count). The third-order valence-electron chi connectivity index (χ3n) is 4.34. The molecule has 0 bridgehead atoms. The molecule has 1 N–H and O–H groups in total. The quantitative estimate of drug-likeness (QED) is 0.739. The molecule has 0 radical (unpaired) electrons. The van der Waals surface area contributed by atoms with E-state index in [4.69, 9.17) is 0 Å². The Hall–Kier alpha value is -0.830. The summed E-state index contributed by atoms with van der Waals surface area (Å²) in [6.45, 7) is 9.44. The molecule has 0 aromatic carbocycles. The molecule has 1 saturated heterocycles. The van der Waals surface area contributed by atoms with Crippen LogP contribution in [0, 0.1) is 5.41 Å². The maximum atomic E-state index is 12.5. The van der Waals surface area contributed by atoms with Crippen LogP contribution in [0.5, 0.6) is 0 Å². The van der Waals surface area contributed by atoms with Crippen molar-refractivity contribution in [1.82, 2.24) is 10.2 Å². The van der Waals surface area contributed by atoms with Crippen molar-refractivity contribution in [2.75, 3.05) is 19.6 Å². The van der Waals surface area contributed by atoms with Crippen molar-refractivity contribution < 1.29 is 4.79 Å². The van der Waals surface area contributed by atoms with Crippen LogP contribution < -0.4 is 5.32 Å². The number of carbonyl (C=O) groups excluding carboxylic acids is 1. The summed E-state index contributed by atoms with van der Waals surface area (Å²) in [6, 6.07) is 0.0621. The predicted molar refractivity (Wildman–Crippen MR) is 79.0 cm³/mol. The average Bonchev–Trinajstić information content (AvgIpc) is 2.66. The van der Waals surface area contributed by atoms with Gasteiger partial charge in [-0.25, -0.2) is 0 Å². The zero-order valence-electron chi connectivity index (χ0n) is 12.7. The van der Waals surface area contributed by atoms with Crippen LogP contribution in [0.15, 0.2) is 11.6 Å². The molecule has 0 aromatic rings. The number of carbonyl (C=O) groups is 1. The highest BCUT2D eigenvalue weighted by Crippen LogP contribution is 2.30. The normalized spacial score (nSPS) is 25.7. The smallest absolute Gasteiger partial charge is 0.239 e. The summed E-state index contributed by atoms with van der Waals surface area (Å²) >= 11 is 0. The van der Waals surface area contributed by atoms with Crippen LogP contribution in [0.4, 0.5) is 0 Å². The molecule has 3 heteroatoms. The monoisotopic (exact) mass is 264 g/mol. The van der Waals surface area contributed by atoms with E-state index in [0.29, 0.717) is 5.91 Å². The zero-order valence-corrected chi connectivity index (χ0v) is 12.7. The number of nitrogens with one attached hydrogen (secondary N) is 1. The third kappa shape index (κ3) is 3.82. The van der Waals surface area contributed by atoms with E-state index in [9.17, 15) is 4.79 Å². The molecule has 0 spiro atoms. The van der Waals surface area contributed by atoms with E-state index in [1.807, 2.05) is 4.90 Å². The number of nitrogens with zero attached hydrogens (tertiary/aromatic N) is 1. The Labute approximate surface area is 117 Å². The van der Waals surface area contributed by atoms with Gasteiger partial charge in [0, 0.05) is 13.1 Å². The van der Waals surface area contributed by atoms with Crippen LogP contribution >= 0.6 is 0 Å². The van der Waals surface area contributed by atoms with Gasteiger partial charge in [0.2, 0.25) is 5.91 Å². The maximum Gasteiger partial charge on any atom is 0.239 e. The summed E-state index contributed by atoms with van der Waals surface area (Å²) < 4.78 is 0. The second-order valence-electron chi connectivity index (χ2n) is 6.87. The molecule has 1 atom stereocenters. The second-order valence-corrected chi connectivity index (χ2v) is 6.87. The van der Waals surface area contributed by atoms with Crippen LogP contribution in [-0.4, -0.2) is 36.5 Å². The minimum absolute atomic E-state index is 0.0621. The van der Waals surface area contributed by atoms with Crippen LogP contribution in [-0.2, 0) is 4.79 Å². The predicted octanol–water partition coefficient (Wildman–Crippen LogP) is 2.72. The Morgan fingerprint density at radius 1 is 1.32 bits per heavy atom. The molecule has 2 heterocycles. The first-order valence-electron chi connectivity index (χ1n) is 7.70. The van der Waals surface area contributed by atoms with Gasteiger partial charge in [-0.3, -0.25) is 4.79 Å². The van der Waals surface area contributed by atoms with Gasteiger partial charge in [0.05, 0.1) is 6.04 Å². The van der Waals surface area contributed by atoms with E-state index in [2.05, 4.69) is 32.2 Å². The lowest BCUT2D eigenvalue weighted by molar-refractivity contribution is -0.133. The Morgan fingerprint density at radius 2 is 2.11 bits per heavy atom. The Kier molecular flexibility index (Phi) is 4.67. The Morgan fingerprint density at radius 3 is 2.74 bits per heavy atom. The van der Waals surface area contributed by atoms with Gasteiger partial charge in [0.25, 0.3) is 0 Å². The molecular weight excluding hydrogens is 236 g/mol. The van der Waals surface area contributed by atoms with Gasteiger partial charge in [-0.05, 0) is 31.2 Å². The van der Waals surface area contributed by atoms with E-state index in [1.165, 1.54) is 24.8 Å². The van der Waals surface area contributed by atoms with Crippen LogP contribution in [0.3, 0.4) is 0 Å². The topological polar surface area (TPSA) is 32.3 Å². The van der Waals surface area contributed by atoms with Gasteiger partial charge in [0.15, 0.2) is 0 Å². The lowest BCUT2D eigenvalue weighted by Crippen LogP contribution is -2.47. The van der Waals surface area contributed by atoms with Crippen LogP contribution in [0.2, 0.25) is 0 Å². The number of amides is 1. The first-order valence-corrected chi connectivity index (χ1v) is 7.70. The first kappa shape index (κ1) is 14.6. The minimum Gasteiger partial charge on any atom is -0.337 e. The van der Waals surface area contributed by atoms with Crippen molar-refractivity contribution in [2.24, 2.45) is 5.41 Å². The second kappa shape index (κ2) is 6.08. The molecular formula is C16H28N2O. The lowest BCUT2D eigenvalue weighted by Gasteiger charge is -2.34. The molecule has 0 saturated carbocycles. The van der Waals surface area contributed by atoms with E-state index < -0.39 is 0 Å². The Bertz CT molecular complexity index is 346. The summed E-state index contributed by atoms with van der Waals surface area (Å²) in [5.74, 6) is 0.311. The molecule has 108 valence electrons. The molecule has 1 amide bonds. The SMILES string of the molecule is CC(C)(C)C1=CCN(C(=O)C2CCCCCN2)CC1. The highest BCUT2D eigenvalue weighted by molar-refractivity contribution is 5.82. The fourth-order valence-corrected chi connectivity index (χ4v) is 3.01. The fourth-order valence-electron chi connectivity index (χ4n) is 3.01. The van der Waals surface area contributed by atoms with E-state index in [1.54, 1.807) is 0 Å².